The summed E-state index contributed by atoms with van der Waals surface area (Å²) in [4.78, 5) is 40.3. The second-order valence-corrected chi connectivity index (χ2v) is 11.1. The molecule has 0 aliphatic carbocycles. The summed E-state index contributed by atoms with van der Waals surface area (Å²) in [5, 5.41) is 0. The molecule has 2 aromatic rings. The van der Waals surface area contributed by atoms with Crippen LogP contribution in [0.2, 0.25) is 0 Å². The molecule has 3 unspecified atom stereocenters. The van der Waals surface area contributed by atoms with E-state index in [2.05, 4.69) is 12.1 Å². The molecule has 2 aromatic carbocycles. The fraction of sp³-hybridized carbons (Fsp3) is 0.531. The molecule has 8 heteroatoms. The molecular weight excluding hydrogens is 504 g/mol. The Balaban J connectivity index is 0.000000545. The van der Waals surface area contributed by atoms with E-state index in [-0.39, 0.29) is 23.8 Å². The highest BCUT2D eigenvalue weighted by molar-refractivity contribution is 5.88. The van der Waals surface area contributed by atoms with E-state index in [0.29, 0.717) is 32.7 Å². The molecule has 2 saturated heterocycles. The number of nitrogens with zero attached hydrogens (tertiary/aromatic N) is 2. The third-order valence-electron chi connectivity index (χ3n) is 7.45. The minimum atomic E-state index is -0.861. The monoisotopic (exact) mass is 552 g/mol. The largest absolute Gasteiger partial charge is 0.373 e. The van der Waals surface area contributed by atoms with E-state index < -0.39 is 16.9 Å². The van der Waals surface area contributed by atoms with Crippen molar-refractivity contribution >= 4 is 17.7 Å². The Bertz CT molecular complexity index is 1090. The molecule has 0 aromatic heterocycles. The Kier molecular flexibility index (Phi) is 12.3. The number of ether oxygens (including phenoxy) is 1. The van der Waals surface area contributed by atoms with Crippen molar-refractivity contribution < 1.29 is 19.1 Å². The van der Waals surface area contributed by atoms with Gasteiger partial charge in [-0.1, -0.05) is 74.5 Å². The van der Waals surface area contributed by atoms with Gasteiger partial charge in [0.05, 0.1) is 30.1 Å². The normalized spacial score (nSPS) is 21.2. The van der Waals surface area contributed by atoms with Gasteiger partial charge in [-0.15, -0.1) is 0 Å². The Hall–Kier alpha value is -3.23. The second kappa shape index (κ2) is 15.0. The van der Waals surface area contributed by atoms with Crippen LogP contribution in [0, 0.1) is 5.41 Å². The van der Waals surface area contributed by atoms with E-state index in [4.69, 9.17) is 16.2 Å². The molecule has 2 heterocycles. The molecule has 3 amide bonds. The van der Waals surface area contributed by atoms with E-state index >= 15 is 0 Å². The summed E-state index contributed by atoms with van der Waals surface area (Å²) in [5.74, 6) is -0.109. The lowest BCUT2D eigenvalue weighted by molar-refractivity contribution is -0.144. The molecule has 2 fully saturated rings. The highest BCUT2D eigenvalue weighted by atomic mass is 16.5. The third kappa shape index (κ3) is 8.63. The predicted molar refractivity (Wildman–Crippen MR) is 159 cm³/mol. The van der Waals surface area contributed by atoms with Gasteiger partial charge in [-0.3, -0.25) is 14.4 Å². The lowest BCUT2D eigenvalue weighted by Crippen LogP contribution is -2.51. The zero-order valence-electron chi connectivity index (χ0n) is 25.1. The fourth-order valence-electron chi connectivity index (χ4n) is 5.17. The number of primary amides is 1. The first-order chi connectivity index (χ1) is 18.9. The predicted octanol–water partition coefficient (Wildman–Crippen LogP) is 4.08. The summed E-state index contributed by atoms with van der Waals surface area (Å²) in [7, 11) is 1.88. The Morgan fingerprint density at radius 3 is 2.17 bits per heavy atom. The Morgan fingerprint density at radius 2 is 1.62 bits per heavy atom. The number of likely N-dealkylation sites (N-methyl/N-ethyl adjacent to an activating group) is 1. The van der Waals surface area contributed by atoms with Crippen LogP contribution in [-0.4, -0.2) is 65.8 Å². The first-order valence-corrected chi connectivity index (χ1v) is 14.3. The van der Waals surface area contributed by atoms with Gasteiger partial charge in [-0.05, 0) is 44.7 Å². The lowest BCUT2D eigenvalue weighted by Gasteiger charge is -2.42. The molecular formula is C32H48N4O4. The number of piperidine rings is 1. The summed E-state index contributed by atoms with van der Waals surface area (Å²) in [6.07, 6.45) is 1.86. The quantitative estimate of drug-likeness (QED) is 0.537. The van der Waals surface area contributed by atoms with Gasteiger partial charge in [0.1, 0.15) is 0 Å². The van der Waals surface area contributed by atoms with Crippen molar-refractivity contribution in [3.05, 3.63) is 71.8 Å². The molecule has 2 aliphatic heterocycles. The molecule has 0 saturated carbocycles. The molecule has 4 N–H and O–H groups in total. The van der Waals surface area contributed by atoms with Crippen molar-refractivity contribution in [3.8, 4) is 0 Å². The summed E-state index contributed by atoms with van der Waals surface area (Å²) in [6.45, 7) is 11.5. The number of carbonyl (C=O) groups excluding carboxylic acids is 3. The van der Waals surface area contributed by atoms with E-state index in [0.717, 1.165) is 18.4 Å². The molecule has 220 valence electrons. The first kappa shape index (κ1) is 33.0. The highest BCUT2D eigenvalue weighted by Gasteiger charge is 2.55. The summed E-state index contributed by atoms with van der Waals surface area (Å²) >= 11 is 0. The van der Waals surface area contributed by atoms with E-state index in [1.54, 1.807) is 13.8 Å². The number of carbonyl (C=O) groups is 3. The van der Waals surface area contributed by atoms with E-state index in [1.165, 1.54) is 5.56 Å². The van der Waals surface area contributed by atoms with Crippen molar-refractivity contribution in [1.29, 1.82) is 0 Å². The molecule has 0 bridgehead atoms. The number of nitrogens with two attached hydrogens (primary N) is 2. The van der Waals surface area contributed by atoms with Gasteiger partial charge in [0.2, 0.25) is 17.7 Å². The van der Waals surface area contributed by atoms with Crippen LogP contribution in [0.1, 0.15) is 70.9 Å². The minimum absolute atomic E-state index is 0.0776. The summed E-state index contributed by atoms with van der Waals surface area (Å²) in [5.41, 5.74) is 10.9. The van der Waals surface area contributed by atoms with Crippen LogP contribution in [0.4, 0.5) is 0 Å². The summed E-state index contributed by atoms with van der Waals surface area (Å²) < 4.78 is 5.91. The SMILES string of the molecule is CC.CC(C)(N)C(N)=O.CC(CC(=O)N1CCCC2(C1)C(=O)N(C)CC2c1ccccc1)OCc1ccccc1. The van der Waals surface area contributed by atoms with Crippen LogP contribution in [-0.2, 0) is 25.7 Å². The molecule has 8 nitrogen and oxygen atoms in total. The zero-order valence-corrected chi connectivity index (χ0v) is 25.1. The first-order valence-electron chi connectivity index (χ1n) is 14.3. The van der Waals surface area contributed by atoms with Crippen molar-refractivity contribution in [2.45, 2.75) is 78.0 Å². The molecule has 0 radical (unpaired) electrons. The number of rotatable bonds is 7. The highest BCUT2D eigenvalue weighted by Crippen LogP contribution is 2.49. The van der Waals surface area contributed by atoms with Gasteiger partial charge in [-0.2, -0.15) is 0 Å². The molecule has 4 rings (SSSR count). The van der Waals surface area contributed by atoms with E-state index in [9.17, 15) is 14.4 Å². The Labute approximate surface area is 240 Å². The average Bonchev–Trinajstić information content (AvgIpc) is 3.18. The van der Waals surface area contributed by atoms with Gasteiger partial charge in [0.25, 0.3) is 0 Å². The number of likely N-dealkylation sites (tertiary alicyclic amines) is 2. The van der Waals surface area contributed by atoms with Crippen molar-refractivity contribution in [2.24, 2.45) is 16.9 Å². The van der Waals surface area contributed by atoms with Crippen LogP contribution in [0.5, 0.6) is 0 Å². The molecule has 40 heavy (non-hydrogen) atoms. The zero-order chi connectivity index (χ0) is 29.9. The molecule has 1 spiro atoms. The van der Waals surface area contributed by atoms with Crippen LogP contribution in [0.3, 0.4) is 0 Å². The van der Waals surface area contributed by atoms with Gasteiger partial charge in [0.15, 0.2) is 0 Å². The van der Waals surface area contributed by atoms with Gasteiger partial charge < -0.3 is 26.0 Å². The second-order valence-electron chi connectivity index (χ2n) is 11.1. The number of benzene rings is 2. The Morgan fingerprint density at radius 1 is 1.07 bits per heavy atom. The number of hydrogen-bond acceptors (Lipinski definition) is 5. The van der Waals surface area contributed by atoms with E-state index in [1.807, 2.05) is 86.1 Å². The van der Waals surface area contributed by atoms with Crippen molar-refractivity contribution in [2.75, 3.05) is 26.7 Å². The average molecular weight is 553 g/mol. The third-order valence-corrected chi connectivity index (χ3v) is 7.45. The van der Waals surface area contributed by atoms with Gasteiger partial charge in [0, 0.05) is 32.6 Å². The maximum absolute atomic E-state index is 13.3. The van der Waals surface area contributed by atoms with Crippen LogP contribution >= 0.6 is 0 Å². The lowest BCUT2D eigenvalue weighted by atomic mass is 9.69. The van der Waals surface area contributed by atoms with Crippen LogP contribution < -0.4 is 11.5 Å². The van der Waals surface area contributed by atoms with Crippen LogP contribution in [0.15, 0.2) is 60.7 Å². The fourth-order valence-corrected chi connectivity index (χ4v) is 5.17. The van der Waals surface area contributed by atoms with Crippen molar-refractivity contribution in [3.63, 3.8) is 0 Å². The maximum atomic E-state index is 13.3. The topological polar surface area (TPSA) is 119 Å². The minimum Gasteiger partial charge on any atom is -0.373 e. The number of amides is 3. The van der Waals surface area contributed by atoms with Gasteiger partial charge in [-0.25, -0.2) is 0 Å². The van der Waals surface area contributed by atoms with Crippen molar-refractivity contribution in [1.82, 2.24) is 9.80 Å². The smallest absolute Gasteiger partial charge is 0.236 e. The molecule has 2 aliphatic rings. The summed E-state index contributed by atoms with van der Waals surface area (Å²) in [6, 6.07) is 20.3. The van der Waals surface area contributed by atoms with Gasteiger partial charge >= 0.3 is 0 Å². The number of hydrogen-bond donors (Lipinski definition) is 2. The maximum Gasteiger partial charge on any atom is 0.236 e. The van der Waals surface area contributed by atoms with Crippen LogP contribution in [0.25, 0.3) is 0 Å². The standard InChI is InChI=1S/C26H32N2O3.C4H10N2O.C2H6/c1-20(31-18-21-10-5-3-6-11-21)16-24(29)28-15-9-14-26(19-28)23(17-27(2)25(26)30)22-12-7-4-8-13-22;1-4(2,6)3(5)7;1-2/h3-8,10-13,20,23H,9,14-19H2,1-2H3;6H2,1-2H3,(H2,5,7);1-2H3. The molecule has 3 atom stereocenters.